The third-order valence-corrected chi connectivity index (χ3v) is 2.75. The molecule has 2 aromatic rings. The van der Waals surface area contributed by atoms with Crippen LogP contribution in [0, 0.1) is 5.82 Å². The van der Waals surface area contributed by atoms with Gasteiger partial charge in [-0.25, -0.2) is 4.39 Å². The number of pyridine rings is 1. The molecule has 0 bridgehead atoms. The highest BCUT2D eigenvalue weighted by atomic mass is 19.4. The number of alkyl halides is 3. The summed E-state index contributed by atoms with van der Waals surface area (Å²) < 4.78 is 56.0. The van der Waals surface area contributed by atoms with E-state index in [1.165, 1.54) is 25.6 Å². The minimum absolute atomic E-state index is 0.216. The van der Waals surface area contributed by atoms with Crippen molar-refractivity contribution in [3.63, 3.8) is 0 Å². The third-order valence-electron chi connectivity index (χ3n) is 2.75. The Balaban J connectivity index is 2.30. The zero-order chi connectivity index (χ0) is 14.8. The molecular formula is C14H11F4NO. The summed E-state index contributed by atoms with van der Waals surface area (Å²) in [5.74, 6) is -0.759. The molecule has 2 nitrogen and oxygen atoms in total. The van der Waals surface area contributed by atoms with E-state index in [0.29, 0.717) is 16.9 Å². The van der Waals surface area contributed by atoms with E-state index in [1.807, 2.05) is 0 Å². The molecule has 0 aliphatic heterocycles. The van der Waals surface area contributed by atoms with Crippen LogP contribution in [-0.2, 0) is 12.6 Å². The number of rotatable bonds is 3. The third kappa shape index (κ3) is 3.26. The van der Waals surface area contributed by atoms with Crippen molar-refractivity contribution in [3.05, 3.63) is 59.2 Å². The molecule has 0 radical (unpaired) electrons. The lowest BCUT2D eigenvalue weighted by molar-refractivity contribution is -0.140. The monoisotopic (exact) mass is 285 g/mol. The molecule has 1 aromatic heterocycles. The van der Waals surface area contributed by atoms with Gasteiger partial charge < -0.3 is 4.74 Å². The van der Waals surface area contributed by atoms with Gasteiger partial charge in [0.1, 0.15) is 11.6 Å². The van der Waals surface area contributed by atoms with Crippen LogP contribution < -0.4 is 4.74 Å². The first-order chi connectivity index (χ1) is 9.40. The molecule has 0 saturated heterocycles. The quantitative estimate of drug-likeness (QED) is 0.799. The maximum Gasteiger partial charge on any atom is 0.419 e. The molecule has 0 spiro atoms. The fraction of sp³-hybridized carbons (Fsp3) is 0.214. The van der Waals surface area contributed by atoms with E-state index in [-0.39, 0.29) is 6.42 Å². The molecule has 106 valence electrons. The smallest absolute Gasteiger partial charge is 0.419 e. The number of hydrogen-bond acceptors (Lipinski definition) is 2. The molecule has 0 amide bonds. The number of methoxy groups -OCH3 is 1. The average Bonchev–Trinajstić information content (AvgIpc) is 2.40. The minimum atomic E-state index is -4.70. The average molecular weight is 285 g/mol. The first-order valence-corrected chi connectivity index (χ1v) is 5.73. The van der Waals surface area contributed by atoms with E-state index in [2.05, 4.69) is 4.98 Å². The van der Waals surface area contributed by atoms with Crippen LogP contribution in [0.3, 0.4) is 0 Å². The molecule has 6 heteroatoms. The number of aromatic nitrogens is 1. The maximum absolute atomic E-state index is 13.2. The molecule has 2 rings (SSSR count). The van der Waals surface area contributed by atoms with Gasteiger partial charge in [-0.05, 0) is 35.7 Å². The van der Waals surface area contributed by atoms with Crippen LogP contribution in [-0.4, -0.2) is 12.1 Å². The van der Waals surface area contributed by atoms with Gasteiger partial charge in [0.05, 0.1) is 18.9 Å². The van der Waals surface area contributed by atoms with Gasteiger partial charge in [-0.2, -0.15) is 13.2 Å². The molecule has 20 heavy (non-hydrogen) atoms. The van der Waals surface area contributed by atoms with Crippen molar-refractivity contribution in [3.8, 4) is 5.75 Å². The first-order valence-electron chi connectivity index (χ1n) is 5.73. The van der Waals surface area contributed by atoms with E-state index < -0.39 is 17.6 Å². The van der Waals surface area contributed by atoms with Gasteiger partial charge in [-0.3, -0.25) is 4.98 Å². The summed E-state index contributed by atoms with van der Waals surface area (Å²) in [7, 11) is 1.47. The van der Waals surface area contributed by atoms with E-state index in [1.54, 1.807) is 6.07 Å². The molecule has 0 atom stereocenters. The first kappa shape index (κ1) is 14.3. The number of hydrogen-bond donors (Lipinski definition) is 0. The van der Waals surface area contributed by atoms with Crippen LogP contribution in [0.5, 0.6) is 5.75 Å². The molecule has 0 aliphatic rings. The Kier molecular flexibility index (Phi) is 3.92. The molecule has 0 aliphatic carbocycles. The van der Waals surface area contributed by atoms with E-state index in [0.717, 1.165) is 12.1 Å². The minimum Gasteiger partial charge on any atom is -0.495 e. The van der Waals surface area contributed by atoms with Crippen molar-refractivity contribution >= 4 is 0 Å². The Morgan fingerprint density at radius 2 is 1.85 bits per heavy atom. The molecule has 1 heterocycles. The predicted octanol–water partition coefficient (Wildman–Crippen LogP) is 3.84. The SMILES string of the molecule is COc1cncc(Cc2ccc(F)c(C(F)(F)F)c2)c1. The fourth-order valence-electron chi connectivity index (χ4n) is 1.81. The molecule has 0 saturated carbocycles. The van der Waals surface area contributed by atoms with Crippen LogP contribution >= 0.6 is 0 Å². The van der Waals surface area contributed by atoms with Crippen LogP contribution in [0.4, 0.5) is 17.6 Å². The van der Waals surface area contributed by atoms with Gasteiger partial charge in [0, 0.05) is 6.20 Å². The summed E-state index contributed by atoms with van der Waals surface area (Å²) in [6.45, 7) is 0. The zero-order valence-electron chi connectivity index (χ0n) is 10.5. The summed E-state index contributed by atoms with van der Waals surface area (Å²) in [6.07, 6.45) is -1.46. The van der Waals surface area contributed by atoms with Gasteiger partial charge in [-0.15, -0.1) is 0 Å². The summed E-state index contributed by atoms with van der Waals surface area (Å²) >= 11 is 0. The number of ether oxygens (including phenoxy) is 1. The van der Waals surface area contributed by atoms with Crippen LogP contribution in [0.1, 0.15) is 16.7 Å². The molecule has 0 fully saturated rings. The van der Waals surface area contributed by atoms with Crippen molar-refractivity contribution in [2.45, 2.75) is 12.6 Å². The summed E-state index contributed by atoms with van der Waals surface area (Å²) in [5.41, 5.74) is -0.219. The largest absolute Gasteiger partial charge is 0.495 e. The Morgan fingerprint density at radius 3 is 2.50 bits per heavy atom. The highest BCUT2D eigenvalue weighted by Gasteiger charge is 2.34. The van der Waals surface area contributed by atoms with Gasteiger partial charge in [-0.1, -0.05) is 6.07 Å². The highest BCUT2D eigenvalue weighted by Crippen LogP contribution is 2.32. The van der Waals surface area contributed by atoms with Gasteiger partial charge in [0.15, 0.2) is 0 Å². The predicted molar refractivity (Wildman–Crippen MR) is 65.0 cm³/mol. The number of benzene rings is 1. The van der Waals surface area contributed by atoms with Crippen LogP contribution in [0.2, 0.25) is 0 Å². The standard InChI is InChI=1S/C14H11F4NO/c1-20-11-5-10(7-19-8-11)4-9-2-3-13(15)12(6-9)14(16,17)18/h2-3,5-8H,4H2,1H3. The van der Waals surface area contributed by atoms with Crippen LogP contribution in [0.15, 0.2) is 36.7 Å². The molecule has 0 N–H and O–H groups in total. The fourth-order valence-corrected chi connectivity index (χ4v) is 1.81. The lowest BCUT2D eigenvalue weighted by Gasteiger charge is -2.10. The molecule has 1 aromatic carbocycles. The zero-order valence-corrected chi connectivity index (χ0v) is 10.5. The van der Waals surface area contributed by atoms with Crippen molar-refractivity contribution < 1.29 is 22.3 Å². The summed E-state index contributed by atoms with van der Waals surface area (Å²) in [5, 5.41) is 0. The van der Waals surface area contributed by atoms with E-state index >= 15 is 0 Å². The molecular weight excluding hydrogens is 274 g/mol. The summed E-state index contributed by atoms with van der Waals surface area (Å²) in [6, 6.07) is 4.63. The Hall–Kier alpha value is -2.11. The summed E-state index contributed by atoms with van der Waals surface area (Å²) in [4.78, 5) is 3.92. The van der Waals surface area contributed by atoms with Gasteiger partial charge in [0.25, 0.3) is 0 Å². The highest BCUT2D eigenvalue weighted by molar-refractivity contribution is 5.33. The second-order valence-corrected chi connectivity index (χ2v) is 4.22. The van der Waals surface area contributed by atoms with E-state index in [4.69, 9.17) is 4.74 Å². The Bertz CT molecular complexity index is 610. The lowest BCUT2D eigenvalue weighted by Crippen LogP contribution is -2.09. The number of nitrogens with zero attached hydrogens (tertiary/aromatic N) is 1. The second-order valence-electron chi connectivity index (χ2n) is 4.22. The van der Waals surface area contributed by atoms with Crippen molar-refractivity contribution in [1.82, 2.24) is 4.98 Å². The van der Waals surface area contributed by atoms with Crippen molar-refractivity contribution in [2.75, 3.05) is 7.11 Å². The number of halogens is 4. The van der Waals surface area contributed by atoms with E-state index in [9.17, 15) is 17.6 Å². The Labute approximate surface area is 113 Å². The molecule has 0 unspecified atom stereocenters. The van der Waals surface area contributed by atoms with Gasteiger partial charge in [0.2, 0.25) is 0 Å². The Morgan fingerprint density at radius 1 is 1.10 bits per heavy atom. The van der Waals surface area contributed by atoms with Gasteiger partial charge >= 0.3 is 6.18 Å². The second kappa shape index (κ2) is 5.48. The van der Waals surface area contributed by atoms with Crippen molar-refractivity contribution in [1.29, 1.82) is 0 Å². The normalized spacial score (nSPS) is 11.4. The lowest BCUT2D eigenvalue weighted by atomic mass is 10.0. The topological polar surface area (TPSA) is 22.1 Å². The van der Waals surface area contributed by atoms with Crippen LogP contribution in [0.25, 0.3) is 0 Å². The van der Waals surface area contributed by atoms with Crippen molar-refractivity contribution in [2.24, 2.45) is 0 Å². The maximum atomic E-state index is 13.2.